The molecule has 45 valence electrons. The maximum absolute atomic E-state index is 10.6. The van der Waals surface area contributed by atoms with E-state index in [1.165, 1.54) is 0 Å². The molecule has 8 heavy (non-hydrogen) atoms. The van der Waals surface area contributed by atoms with Gasteiger partial charge in [-0.1, -0.05) is 0 Å². The summed E-state index contributed by atoms with van der Waals surface area (Å²) in [6.45, 7) is 3.72. The number of nitrogens with one attached hydrogen (secondary N) is 1. The van der Waals surface area contributed by atoms with Crippen molar-refractivity contribution in [2.75, 3.05) is 7.05 Å². The highest BCUT2D eigenvalue weighted by Gasteiger charge is 2.22. The zero-order valence-corrected chi connectivity index (χ0v) is 5.01. The summed E-state index contributed by atoms with van der Waals surface area (Å²) in [5.74, 6) is 0. The topological polar surface area (TPSA) is 32.3 Å². The van der Waals surface area contributed by atoms with Gasteiger partial charge in [-0.05, 0) is 6.92 Å². The molecule has 1 rings (SSSR count). The Morgan fingerprint density at radius 1 is 1.88 bits per heavy atom. The SMILES string of the molecule is CC1[CH]NC(=O)N1C. The van der Waals surface area contributed by atoms with E-state index in [0.29, 0.717) is 0 Å². The normalized spacial score (nSPS) is 28.5. The summed E-state index contributed by atoms with van der Waals surface area (Å²) < 4.78 is 0. The molecule has 1 unspecified atom stereocenters. The zero-order chi connectivity index (χ0) is 6.15. The molecule has 2 amide bonds. The first-order valence-corrected chi connectivity index (χ1v) is 2.58. The van der Waals surface area contributed by atoms with Crippen molar-refractivity contribution in [3.05, 3.63) is 6.54 Å². The van der Waals surface area contributed by atoms with E-state index in [2.05, 4.69) is 5.32 Å². The van der Waals surface area contributed by atoms with Crippen molar-refractivity contribution < 1.29 is 4.79 Å². The maximum atomic E-state index is 10.6. The summed E-state index contributed by atoms with van der Waals surface area (Å²) in [7, 11) is 1.77. The Labute approximate surface area is 48.7 Å². The average Bonchev–Trinajstić information content (AvgIpc) is 1.98. The monoisotopic (exact) mass is 113 g/mol. The standard InChI is InChI=1S/C5H9N2O/c1-4-3-6-5(8)7(4)2/h3-4H,1-2H3,(H,6,8). The number of urea groups is 1. The van der Waals surface area contributed by atoms with E-state index in [4.69, 9.17) is 0 Å². The van der Waals surface area contributed by atoms with Gasteiger partial charge >= 0.3 is 6.03 Å². The van der Waals surface area contributed by atoms with E-state index in [9.17, 15) is 4.79 Å². The first-order chi connectivity index (χ1) is 3.72. The van der Waals surface area contributed by atoms with Gasteiger partial charge in [0.1, 0.15) is 0 Å². The van der Waals surface area contributed by atoms with E-state index in [0.717, 1.165) is 0 Å². The molecule has 1 fully saturated rings. The third-order valence-corrected chi connectivity index (χ3v) is 1.38. The lowest BCUT2D eigenvalue weighted by molar-refractivity contribution is 0.219. The van der Waals surface area contributed by atoms with Crippen LogP contribution in [-0.2, 0) is 0 Å². The molecule has 0 bridgehead atoms. The molecule has 1 aliphatic rings. The number of carbonyl (C=O) groups excluding carboxylic acids is 1. The summed E-state index contributed by atoms with van der Waals surface area (Å²) in [4.78, 5) is 12.2. The first kappa shape index (κ1) is 5.41. The Kier molecular flexibility index (Phi) is 1.12. The van der Waals surface area contributed by atoms with Crippen molar-refractivity contribution in [3.8, 4) is 0 Å². The van der Waals surface area contributed by atoms with Gasteiger partial charge in [-0.2, -0.15) is 0 Å². The Hall–Kier alpha value is -0.730. The van der Waals surface area contributed by atoms with Crippen LogP contribution in [-0.4, -0.2) is 24.0 Å². The molecule has 1 atom stereocenters. The van der Waals surface area contributed by atoms with E-state index in [1.807, 2.05) is 6.92 Å². The fraction of sp³-hybridized carbons (Fsp3) is 0.600. The molecular weight excluding hydrogens is 104 g/mol. The molecule has 1 aliphatic heterocycles. The number of hydrogen-bond donors (Lipinski definition) is 1. The molecular formula is C5H9N2O. The van der Waals surface area contributed by atoms with Crippen molar-refractivity contribution in [3.63, 3.8) is 0 Å². The number of likely N-dealkylation sites (N-methyl/N-ethyl adjacent to an activating group) is 1. The van der Waals surface area contributed by atoms with Gasteiger partial charge in [0, 0.05) is 7.05 Å². The number of rotatable bonds is 0. The maximum Gasteiger partial charge on any atom is 0.317 e. The second-order valence-electron chi connectivity index (χ2n) is 1.97. The Balaban J connectivity index is 2.56. The molecule has 0 aromatic rings. The van der Waals surface area contributed by atoms with Crippen LogP contribution in [0.15, 0.2) is 0 Å². The summed E-state index contributed by atoms with van der Waals surface area (Å²) in [6, 6.07) is 0.222. The highest BCUT2D eigenvalue weighted by atomic mass is 16.2. The molecule has 0 aliphatic carbocycles. The number of hydrogen-bond acceptors (Lipinski definition) is 1. The third-order valence-electron chi connectivity index (χ3n) is 1.38. The molecule has 0 aromatic carbocycles. The third kappa shape index (κ3) is 0.638. The smallest absolute Gasteiger partial charge is 0.317 e. The minimum absolute atomic E-state index is 0.0162. The van der Waals surface area contributed by atoms with Gasteiger partial charge in [-0.15, -0.1) is 0 Å². The quantitative estimate of drug-likeness (QED) is 0.478. The Morgan fingerprint density at radius 2 is 2.50 bits per heavy atom. The molecule has 0 saturated carbocycles. The fourth-order valence-corrected chi connectivity index (χ4v) is 0.590. The van der Waals surface area contributed by atoms with E-state index in [-0.39, 0.29) is 12.1 Å². The lowest BCUT2D eigenvalue weighted by Gasteiger charge is -2.10. The van der Waals surface area contributed by atoms with Gasteiger partial charge in [0.2, 0.25) is 0 Å². The van der Waals surface area contributed by atoms with Gasteiger partial charge < -0.3 is 10.2 Å². The van der Waals surface area contributed by atoms with Crippen LogP contribution in [0.5, 0.6) is 0 Å². The van der Waals surface area contributed by atoms with Crippen molar-refractivity contribution >= 4 is 6.03 Å². The molecule has 3 heteroatoms. The number of amides is 2. The van der Waals surface area contributed by atoms with Gasteiger partial charge in [0.05, 0.1) is 12.6 Å². The second-order valence-corrected chi connectivity index (χ2v) is 1.97. The molecule has 1 radical (unpaired) electrons. The van der Waals surface area contributed by atoms with Crippen LogP contribution < -0.4 is 5.32 Å². The van der Waals surface area contributed by atoms with Gasteiger partial charge in [0.25, 0.3) is 0 Å². The van der Waals surface area contributed by atoms with E-state index >= 15 is 0 Å². The van der Waals surface area contributed by atoms with Crippen molar-refractivity contribution in [1.82, 2.24) is 10.2 Å². The molecule has 3 nitrogen and oxygen atoms in total. The first-order valence-electron chi connectivity index (χ1n) is 2.58. The van der Waals surface area contributed by atoms with Gasteiger partial charge in [-0.3, -0.25) is 0 Å². The van der Waals surface area contributed by atoms with Gasteiger partial charge in [-0.25, -0.2) is 4.79 Å². The summed E-state index contributed by atoms with van der Waals surface area (Å²) in [5, 5.41) is 2.58. The molecule has 1 saturated heterocycles. The van der Waals surface area contributed by atoms with E-state index < -0.39 is 0 Å². The average molecular weight is 113 g/mol. The minimum atomic E-state index is -0.0162. The second kappa shape index (κ2) is 1.65. The summed E-state index contributed by atoms with van der Waals surface area (Å²) >= 11 is 0. The molecule has 0 spiro atoms. The van der Waals surface area contributed by atoms with Crippen LogP contribution in [0, 0.1) is 6.54 Å². The minimum Gasteiger partial charge on any atom is -0.331 e. The Bertz CT molecular complexity index is 113. The Morgan fingerprint density at radius 3 is 2.62 bits per heavy atom. The predicted molar refractivity (Wildman–Crippen MR) is 30.1 cm³/mol. The lowest BCUT2D eigenvalue weighted by atomic mass is 10.3. The van der Waals surface area contributed by atoms with Crippen LogP contribution in [0.1, 0.15) is 6.92 Å². The lowest BCUT2D eigenvalue weighted by Crippen LogP contribution is -2.27. The van der Waals surface area contributed by atoms with Crippen molar-refractivity contribution in [2.45, 2.75) is 13.0 Å². The predicted octanol–water partition coefficient (Wildman–Crippen LogP) is 0.192. The molecule has 1 heterocycles. The van der Waals surface area contributed by atoms with E-state index in [1.54, 1.807) is 18.5 Å². The number of nitrogens with zero attached hydrogens (tertiary/aromatic N) is 1. The van der Waals surface area contributed by atoms with Gasteiger partial charge in [0.15, 0.2) is 0 Å². The molecule has 0 aromatic heterocycles. The largest absolute Gasteiger partial charge is 0.331 e. The van der Waals surface area contributed by atoms with Crippen molar-refractivity contribution in [1.29, 1.82) is 0 Å². The van der Waals surface area contributed by atoms with Crippen molar-refractivity contribution in [2.24, 2.45) is 0 Å². The van der Waals surface area contributed by atoms with Crippen LogP contribution in [0.25, 0.3) is 0 Å². The fourth-order valence-electron chi connectivity index (χ4n) is 0.590. The highest BCUT2D eigenvalue weighted by Crippen LogP contribution is 2.04. The summed E-state index contributed by atoms with van der Waals surface area (Å²) in [6.07, 6.45) is 0. The van der Waals surface area contributed by atoms with Crippen LogP contribution in [0.3, 0.4) is 0 Å². The van der Waals surface area contributed by atoms with Crippen LogP contribution >= 0.6 is 0 Å². The zero-order valence-electron chi connectivity index (χ0n) is 5.01. The van der Waals surface area contributed by atoms with Crippen LogP contribution in [0.2, 0.25) is 0 Å². The summed E-state index contributed by atoms with van der Waals surface area (Å²) in [5.41, 5.74) is 0. The number of carbonyl (C=O) groups is 1. The van der Waals surface area contributed by atoms with Crippen LogP contribution in [0.4, 0.5) is 4.79 Å². The molecule has 1 N–H and O–H groups in total. The highest BCUT2D eigenvalue weighted by molar-refractivity contribution is 5.77.